The first-order chi connectivity index (χ1) is 12.6. The summed E-state index contributed by atoms with van der Waals surface area (Å²) in [5.74, 6) is 1.61. The fourth-order valence-electron chi connectivity index (χ4n) is 3.15. The zero-order valence-electron chi connectivity index (χ0n) is 16.9. The van der Waals surface area contributed by atoms with Gasteiger partial charge in [0.25, 0.3) is 0 Å². The molecule has 1 fully saturated rings. The molecule has 1 atom stereocenters. The first-order valence-electron chi connectivity index (χ1n) is 9.92. The lowest BCUT2D eigenvalue weighted by molar-refractivity contribution is 0.0341. The maximum atomic E-state index is 5.45. The fraction of sp³-hybridized carbons (Fsp3) is 0.667. The van der Waals surface area contributed by atoms with Gasteiger partial charge < -0.3 is 15.4 Å². The predicted molar refractivity (Wildman–Crippen MR) is 109 cm³/mol. The van der Waals surface area contributed by atoms with Gasteiger partial charge in [0.15, 0.2) is 5.96 Å². The van der Waals surface area contributed by atoms with Crippen LogP contribution >= 0.6 is 0 Å². The Bertz CT molecular complexity index is 553. The molecular formula is C21H36N4O. The highest BCUT2D eigenvalue weighted by Crippen LogP contribution is 2.13. The van der Waals surface area contributed by atoms with Crippen LogP contribution in [0.15, 0.2) is 29.3 Å². The van der Waals surface area contributed by atoms with E-state index in [2.05, 4.69) is 65.6 Å². The van der Waals surface area contributed by atoms with E-state index in [-0.39, 0.29) is 0 Å². The van der Waals surface area contributed by atoms with Crippen molar-refractivity contribution in [3.63, 3.8) is 0 Å². The molecular weight excluding hydrogens is 324 g/mol. The van der Waals surface area contributed by atoms with Crippen molar-refractivity contribution in [2.75, 3.05) is 33.4 Å². The largest absolute Gasteiger partial charge is 0.379 e. The van der Waals surface area contributed by atoms with Gasteiger partial charge in [-0.05, 0) is 36.8 Å². The molecule has 2 N–H and O–H groups in total. The minimum atomic E-state index is 0.423. The Morgan fingerprint density at radius 1 is 1.12 bits per heavy atom. The normalized spacial score (nSPS) is 17.3. The maximum Gasteiger partial charge on any atom is 0.191 e. The molecule has 2 rings (SSSR count). The van der Waals surface area contributed by atoms with Crippen molar-refractivity contribution >= 4 is 5.96 Å². The Kier molecular flexibility index (Phi) is 8.92. The number of ether oxygens (including phenoxy) is 1. The Labute approximate surface area is 159 Å². The van der Waals surface area contributed by atoms with E-state index in [1.165, 1.54) is 17.5 Å². The lowest BCUT2D eigenvalue weighted by Crippen LogP contribution is -2.42. The summed E-state index contributed by atoms with van der Waals surface area (Å²) in [4.78, 5) is 6.84. The van der Waals surface area contributed by atoms with Crippen molar-refractivity contribution in [3.05, 3.63) is 35.4 Å². The van der Waals surface area contributed by atoms with Crippen molar-refractivity contribution in [3.8, 4) is 0 Å². The smallest absolute Gasteiger partial charge is 0.191 e. The van der Waals surface area contributed by atoms with Gasteiger partial charge in [-0.2, -0.15) is 0 Å². The van der Waals surface area contributed by atoms with Crippen molar-refractivity contribution in [1.29, 1.82) is 0 Å². The summed E-state index contributed by atoms with van der Waals surface area (Å²) in [6.07, 6.45) is 2.39. The van der Waals surface area contributed by atoms with Crippen LogP contribution in [-0.4, -0.2) is 50.3 Å². The minimum Gasteiger partial charge on any atom is -0.379 e. The molecule has 0 radical (unpaired) electrons. The molecule has 1 aliphatic heterocycles. The SMILES string of the molecule is CN=C(NCc1ccccc1CN1CCOCC1)NC(C)CCC(C)C. The van der Waals surface area contributed by atoms with E-state index in [4.69, 9.17) is 4.74 Å². The quantitative estimate of drug-likeness (QED) is 0.553. The highest BCUT2D eigenvalue weighted by molar-refractivity contribution is 5.79. The third-order valence-corrected chi connectivity index (χ3v) is 4.85. The number of hydrogen-bond acceptors (Lipinski definition) is 3. The molecule has 0 saturated carbocycles. The van der Waals surface area contributed by atoms with Gasteiger partial charge in [0.1, 0.15) is 0 Å². The van der Waals surface area contributed by atoms with Crippen molar-refractivity contribution in [1.82, 2.24) is 15.5 Å². The molecule has 5 nitrogen and oxygen atoms in total. The lowest BCUT2D eigenvalue weighted by Gasteiger charge is -2.27. The van der Waals surface area contributed by atoms with Crippen LogP contribution in [0.25, 0.3) is 0 Å². The van der Waals surface area contributed by atoms with Gasteiger partial charge in [-0.25, -0.2) is 0 Å². The van der Waals surface area contributed by atoms with Crippen LogP contribution in [0.4, 0.5) is 0 Å². The van der Waals surface area contributed by atoms with Crippen LogP contribution in [0, 0.1) is 5.92 Å². The molecule has 0 bridgehead atoms. The summed E-state index contributed by atoms with van der Waals surface area (Å²) in [5, 5.41) is 6.98. The number of nitrogens with zero attached hydrogens (tertiary/aromatic N) is 2. The monoisotopic (exact) mass is 360 g/mol. The van der Waals surface area contributed by atoms with Gasteiger partial charge in [0.2, 0.25) is 0 Å². The van der Waals surface area contributed by atoms with Crippen molar-refractivity contribution in [2.45, 2.75) is 52.7 Å². The number of nitrogens with one attached hydrogen (secondary N) is 2. The number of morpholine rings is 1. The zero-order valence-corrected chi connectivity index (χ0v) is 16.9. The highest BCUT2D eigenvalue weighted by atomic mass is 16.5. The predicted octanol–water partition coefficient (Wildman–Crippen LogP) is 3.01. The number of aliphatic imine (C=N–C) groups is 1. The second-order valence-electron chi connectivity index (χ2n) is 7.60. The summed E-state index contributed by atoms with van der Waals surface area (Å²) in [7, 11) is 1.84. The fourth-order valence-corrected chi connectivity index (χ4v) is 3.15. The number of guanidine groups is 1. The van der Waals surface area contributed by atoms with E-state index in [0.29, 0.717) is 6.04 Å². The first-order valence-corrected chi connectivity index (χ1v) is 9.92. The van der Waals surface area contributed by atoms with E-state index >= 15 is 0 Å². The summed E-state index contributed by atoms with van der Waals surface area (Å²) < 4.78 is 5.45. The molecule has 1 aromatic carbocycles. The Hall–Kier alpha value is -1.59. The van der Waals surface area contributed by atoms with Crippen LogP contribution in [-0.2, 0) is 17.8 Å². The highest BCUT2D eigenvalue weighted by Gasteiger charge is 2.13. The van der Waals surface area contributed by atoms with Gasteiger partial charge in [-0.15, -0.1) is 0 Å². The Balaban J connectivity index is 1.87. The number of benzene rings is 1. The molecule has 1 aliphatic rings. The van der Waals surface area contributed by atoms with Gasteiger partial charge in [0.05, 0.1) is 13.2 Å². The average Bonchev–Trinajstić information content (AvgIpc) is 2.65. The van der Waals surface area contributed by atoms with E-state index < -0.39 is 0 Å². The second-order valence-corrected chi connectivity index (χ2v) is 7.60. The average molecular weight is 361 g/mol. The van der Waals surface area contributed by atoms with E-state index in [9.17, 15) is 0 Å². The maximum absolute atomic E-state index is 5.45. The molecule has 146 valence electrons. The molecule has 1 aromatic rings. The second kappa shape index (κ2) is 11.2. The van der Waals surface area contributed by atoms with Crippen LogP contribution in [0.5, 0.6) is 0 Å². The molecule has 0 spiro atoms. The molecule has 0 amide bonds. The summed E-state index contributed by atoms with van der Waals surface area (Å²) >= 11 is 0. The molecule has 5 heteroatoms. The van der Waals surface area contributed by atoms with Gasteiger partial charge >= 0.3 is 0 Å². The third-order valence-electron chi connectivity index (χ3n) is 4.85. The van der Waals surface area contributed by atoms with Crippen LogP contribution < -0.4 is 10.6 Å². The summed E-state index contributed by atoms with van der Waals surface area (Å²) in [5.41, 5.74) is 2.71. The standard InChI is InChI=1S/C21H36N4O/c1-17(2)9-10-18(3)24-21(22-4)23-15-19-7-5-6-8-20(19)16-25-11-13-26-14-12-25/h5-8,17-18H,9-16H2,1-4H3,(H2,22,23,24). The lowest BCUT2D eigenvalue weighted by atomic mass is 10.0. The van der Waals surface area contributed by atoms with E-state index in [1.807, 2.05) is 7.05 Å². The number of hydrogen-bond donors (Lipinski definition) is 2. The molecule has 1 saturated heterocycles. The Morgan fingerprint density at radius 3 is 2.46 bits per heavy atom. The van der Waals surface area contributed by atoms with Crippen LogP contribution in [0.1, 0.15) is 44.7 Å². The van der Waals surface area contributed by atoms with Crippen molar-refractivity contribution in [2.24, 2.45) is 10.9 Å². The zero-order chi connectivity index (χ0) is 18.8. The third kappa shape index (κ3) is 7.34. The number of rotatable bonds is 8. The molecule has 26 heavy (non-hydrogen) atoms. The molecule has 1 heterocycles. The van der Waals surface area contributed by atoms with E-state index in [1.54, 1.807) is 0 Å². The molecule has 0 aliphatic carbocycles. The molecule has 0 aromatic heterocycles. The summed E-state index contributed by atoms with van der Waals surface area (Å²) in [6, 6.07) is 9.10. The van der Waals surface area contributed by atoms with Crippen molar-refractivity contribution < 1.29 is 4.74 Å². The molecule has 1 unspecified atom stereocenters. The van der Waals surface area contributed by atoms with Gasteiger partial charge in [-0.3, -0.25) is 9.89 Å². The summed E-state index contributed by atoms with van der Waals surface area (Å²) in [6.45, 7) is 12.2. The Morgan fingerprint density at radius 2 is 1.81 bits per heavy atom. The topological polar surface area (TPSA) is 48.9 Å². The van der Waals surface area contributed by atoms with Gasteiger partial charge in [0, 0.05) is 39.3 Å². The minimum absolute atomic E-state index is 0.423. The van der Waals surface area contributed by atoms with E-state index in [0.717, 1.165) is 57.7 Å². The van der Waals surface area contributed by atoms with Crippen LogP contribution in [0.2, 0.25) is 0 Å². The first kappa shape index (κ1) is 20.7. The van der Waals surface area contributed by atoms with Gasteiger partial charge in [-0.1, -0.05) is 38.1 Å². The van der Waals surface area contributed by atoms with Crippen LogP contribution in [0.3, 0.4) is 0 Å².